The third kappa shape index (κ3) is 20.6. The smallest absolute Gasteiger partial charge is 0.229 e. The normalized spacial score (nSPS) is 10.8. The molecule has 0 saturated carbocycles. The van der Waals surface area contributed by atoms with E-state index in [1.165, 1.54) is 0 Å². The second kappa shape index (κ2) is 37.0. The van der Waals surface area contributed by atoms with Gasteiger partial charge < -0.3 is 105 Å². The molecule has 9 rings (SSSR count). The second-order valence-electron chi connectivity index (χ2n) is 21.8. The number of hydrogen-bond acceptors (Lipinski definition) is 31. The summed E-state index contributed by atoms with van der Waals surface area (Å²) in [7, 11) is 19.2. The van der Waals surface area contributed by atoms with Gasteiger partial charge in [-0.2, -0.15) is 44.9 Å². The monoisotopic (exact) mass is 1370 g/mol. The fraction of sp³-hybridized carbons (Fsp3) is 0.348. The second-order valence-corrected chi connectivity index (χ2v) is 21.8. The minimum absolute atomic E-state index is 0.326. The minimum atomic E-state index is 0.326. The lowest BCUT2D eigenvalue weighted by Crippen LogP contribution is -2.37. The van der Waals surface area contributed by atoms with E-state index in [4.69, 9.17) is 102 Å². The Labute approximate surface area is 581 Å². The number of rotatable bonds is 42. The Morgan fingerprint density at radius 2 is 0.360 bits per heavy atom. The lowest BCUT2D eigenvalue weighted by atomic mass is 10.2. The molecule has 0 aliphatic heterocycles. The SMILES string of the molecule is COc1ccc(CNc2nc(NCCN(CCNc3nc(NCc4ccc(OC)c(OC)c4)nc(NCc4ccc(OC)c(OC)c4)n3)CCNc3nc(NCc4ccc(OC)c(OC)c4)nc(NCc4ccc(OC)c(OC)c4)n3)nc(NCc3ccc(OC)c(OC)c3)n2)cc1OC. The van der Waals surface area contributed by atoms with Crippen LogP contribution >= 0.6 is 0 Å². The van der Waals surface area contributed by atoms with E-state index >= 15 is 0 Å². The van der Waals surface area contributed by atoms with E-state index in [0.29, 0.717) is 201 Å². The molecule has 0 radical (unpaired) electrons. The first-order valence-corrected chi connectivity index (χ1v) is 31.8. The first kappa shape index (κ1) is 72.4. The van der Waals surface area contributed by atoms with Crippen molar-refractivity contribution < 1.29 is 56.8 Å². The number of hydrogen-bond donors (Lipinski definition) is 9. The van der Waals surface area contributed by atoms with E-state index in [1.807, 2.05) is 109 Å². The maximum atomic E-state index is 5.59. The van der Waals surface area contributed by atoms with Crippen molar-refractivity contribution in [3.05, 3.63) is 143 Å². The highest BCUT2D eigenvalue weighted by Gasteiger charge is 2.17. The zero-order chi connectivity index (χ0) is 70.6. The molecule has 100 heavy (non-hydrogen) atoms. The molecule has 0 spiro atoms. The van der Waals surface area contributed by atoms with Gasteiger partial charge in [0.2, 0.25) is 53.5 Å². The van der Waals surface area contributed by atoms with Crippen molar-refractivity contribution in [1.29, 1.82) is 0 Å². The van der Waals surface area contributed by atoms with Crippen LogP contribution in [0, 0.1) is 0 Å². The Balaban J connectivity index is 0.973. The van der Waals surface area contributed by atoms with E-state index in [1.54, 1.807) is 85.3 Å². The summed E-state index contributed by atoms with van der Waals surface area (Å²) in [5, 5.41) is 30.7. The summed E-state index contributed by atoms with van der Waals surface area (Å²) in [6, 6.07) is 34.1. The van der Waals surface area contributed by atoms with Crippen molar-refractivity contribution in [1.82, 2.24) is 49.8 Å². The third-order valence-corrected chi connectivity index (χ3v) is 15.4. The van der Waals surface area contributed by atoms with Crippen LogP contribution in [-0.2, 0) is 39.3 Å². The van der Waals surface area contributed by atoms with Gasteiger partial charge in [-0.05, 0) is 106 Å². The summed E-state index contributed by atoms with van der Waals surface area (Å²) < 4.78 is 66.5. The Bertz CT molecular complexity index is 3460. The number of ether oxygens (including phenoxy) is 12. The zero-order valence-corrected chi connectivity index (χ0v) is 58.2. The summed E-state index contributed by atoms with van der Waals surface area (Å²) in [5.74, 6) is 10.2. The first-order chi connectivity index (χ1) is 48.9. The van der Waals surface area contributed by atoms with Crippen LogP contribution in [0.25, 0.3) is 0 Å². The van der Waals surface area contributed by atoms with Crippen LogP contribution in [0.5, 0.6) is 69.0 Å². The highest BCUT2D eigenvalue weighted by atomic mass is 16.5. The molecule has 0 saturated heterocycles. The van der Waals surface area contributed by atoms with Gasteiger partial charge in [0.05, 0.1) is 85.3 Å². The largest absolute Gasteiger partial charge is 0.493 e. The Kier molecular flexibility index (Phi) is 26.8. The van der Waals surface area contributed by atoms with E-state index in [0.717, 1.165) is 33.4 Å². The van der Waals surface area contributed by atoms with Gasteiger partial charge >= 0.3 is 0 Å². The van der Waals surface area contributed by atoms with Gasteiger partial charge in [0.15, 0.2) is 69.0 Å². The molecule has 0 atom stereocenters. The molecule has 0 amide bonds. The van der Waals surface area contributed by atoms with Crippen LogP contribution in [0.1, 0.15) is 33.4 Å². The van der Waals surface area contributed by atoms with Crippen molar-refractivity contribution in [2.75, 3.05) is 172 Å². The molecule has 3 aromatic heterocycles. The topological polar surface area (TPSA) is 338 Å². The number of methoxy groups -OCH3 is 12. The minimum Gasteiger partial charge on any atom is -0.493 e. The highest BCUT2D eigenvalue weighted by Crippen LogP contribution is 2.33. The standard InChI is InChI=1S/C69H87N19O12/c1-89-49-19-13-43(31-55(49)95-7)37-73-64-79-61(80-65(85-64)74-38-44-14-20-50(90-2)56(32-44)96-8)70-25-28-88(29-26-71-62-81-66(75-39-45-15-21-51(91-3)57(33-45)97-9)86-67(82-62)76-40-46-16-22-52(92-4)58(34-46)98-10)30-27-72-63-83-68(77-41-47-17-23-53(93-5)59(35-47)99-11)87-69(84-63)78-42-48-18-24-54(94-6)60(36-48)100-12/h13-24,31-36H,25-30,37-42H2,1-12H3,(H3,70,73,74,79,80,85)(H3,71,75,76,81,82,86)(H3,72,77,78,83,84,87). The fourth-order valence-electron chi connectivity index (χ4n) is 10.2. The van der Waals surface area contributed by atoms with E-state index in [9.17, 15) is 0 Å². The van der Waals surface area contributed by atoms with Gasteiger partial charge in [-0.15, -0.1) is 0 Å². The highest BCUT2D eigenvalue weighted by molar-refractivity contribution is 5.52. The molecule has 31 heteroatoms. The molecule has 9 aromatic rings. The van der Waals surface area contributed by atoms with Gasteiger partial charge in [0.1, 0.15) is 0 Å². The Morgan fingerprint density at radius 3 is 0.510 bits per heavy atom. The molecule has 6 aromatic carbocycles. The number of nitrogens with one attached hydrogen (secondary N) is 9. The van der Waals surface area contributed by atoms with E-state index < -0.39 is 0 Å². The Hall–Kier alpha value is -11.9. The van der Waals surface area contributed by atoms with Gasteiger partial charge in [-0.1, -0.05) is 36.4 Å². The van der Waals surface area contributed by atoms with Crippen LogP contribution in [0.3, 0.4) is 0 Å². The van der Waals surface area contributed by atoms with Crippen LogP contribution in [0.4, 0.5) is 53.5 Å². The summed E-state index contributed by atoms with van der Waals surface area (Å²) in [6.07, 6.45) is 0. The average molecular weight is 1370 g/mol. The van der Waals surface area contributed by atoms with Gasteiger partial charge in [-0.25, -0.2) is 0 Å². The number of anilines is 9. The summed E-state index contributed by atoms with van der Waals surface area (Å²) in [5.41, 5.74) is 5.46. The summed E-state index contributed by atoms with van der Waals surface area (Å²) in [4.78, 5) is 45.5. The molecule has 0 fully saturated rings. The van der Waals surface area contributed by atoms with Crippen molar-refractivity contribution in [2.45, 2.75) is 39.3 Å². The number of nitrogens with zero attached hydrogens (tertiary/aromatic N) is 10. The molecule has 3 heterocycles. The van der Waals surface area contributed by atoms with Crippen molar-refractivity contribution >= 4 is 53.5 Å². The molecule has 0 unspecified atom stereocenters. The zero-order valence-electron chi connectivity index (χ0n) is 58.2. The number of benzene rings is 6. The lowest BCUT2D eigenvalue weighted by molar-refractivity contribution is 0.305. The van der Waals surface area contributed by atoms with Gasteiger partial charge in [-0.3, -0.25) is 4.90 Å². The van der Waals surface area contributed by atoms with E-state index in [2.05, 4.69) is 52.8 Å². The quantitative estimate of drug-likeness (QED) is 0.0172. The lowest BCUT2D eigenvalue weighted by Gasteiger charge is -2.23. The van der Waals surface area contributed by atoms with Crippen LogP contribution in [0.15, 0.2) is 109 Å². The summed E-state index contributed by atoms with van der Waals surface area (Å²) >= 11 is 0. The molecule has 0 aliphatic carbocycles. The molecule has 31 nitrogen and oxygen atoms in total. The van der Waals surface area contributed by atoms with E-state index in [-0.39, 0.29) is 0 Å². The van der Waals surface area contributed by atoms with Crippen LogP contribution in [0.2, 0.25) is 0 Å². The number of aromatic nitrogens is 9. The van der Waals surface area contributed by atoms with Gasteiger partial charge in [0, 0.05) is 78.5 Å². The van der Waals surface area contributed by atoms with Crippen LogP contribution < -0.4 is 105 Å². The maximum absolute atomic E-state index is 5.59. The Morgan fingerprint density at radius 1 is 0.210 bits per heavy atom. The average Bonchev–Trinajstić information content (AvgIpc) is 0.862. The molecule has 0 bridgehead atoms. The summed E-state index contributed by atoms with van der Waals surface area (Å²) in [6.45, 7) is 4.88. The van der Waals surface area contributed by atoms with Crippen LogP contribution in [-0.4, -0.2) is 174 Å². The molecule has 530 valence electrons. The molecule has 0 aliphatic rings. The molecular formula is C69H87N19O12. The predicted octanol–water partition coefficient (Wildman–Crippen LogP) is 8.96. The maximum Gasteiger partial charge on any atom is 0.229 e. The molecular weight excluding hydrogens is 1290 g/mol. The predicted molar refractivity (Wildman–Crippen MR) is 383 cm³/mol. The van der Waals surface area contributed by atoms with Crippen molar-refractivity contribution in [3.8, 4) is 69.0 Å². The first-order valence-electron chi connectivity index (χ1n) is 31.8. The van der Waals surface area contributed by atoms with Crippen molar-refractivity contribution in [3.63, 3.8) is 0 Å². The third-order valence-electron chi connectivity index (χ3n) is 15.4. The fourth-order valence-corrected chi connectivity index (χ4v) is 10.2. The molecule has 9 N–H and O–H groups in total. The van der Waals surface area contributed by atoms with Crippen molar-refractivity contribution in [2.24, 2.45) is 0 Å². The van der Waals surface area contributed by atoms with Gasteiger partial charge in [0.25, 0.3) is 0 Å².